The molecule has 1 aliphatic heterocycles. The molecule has 1 fully saturated rings. The van der Waals surface area contributed by atoms with Crippen LogP contribution in [0.1, 0.15) is 46.3 Å². The molecule has 1 saturated heterocycles. The third-order valence-corrected chi connectivity index (χ3v) is 6.83. The van der Waals surface area contributed by atoms with Crippen LogP contribution in [0, 0.1) is 5.92 Å². The predicted octanol–water partition coefficient (Wildman–Crippen LogP) is 2.11. The molecule has 2 heterocycles. The Hall–Kier alpha value is -3.05. The second kappa shape index (κ2) is 12.4. The van der Waals surface area contributed by atoms with Crippen LogP contribution in [0.15, 0.2) is 24.3 Å². The van der Waals surface area contributed by atoms with Gasteiger partial charge in [-0.25, -0.2) is 0 Å². The fourth-order valence-corrected chi connectivity index (χ4v) is 4.47. The molecule has 2 aromatic rings. The average molecular weight is 489 g/mol. The van der Waals surface area contributed by atoms with Crippen LogP contribution < -0.4 is 15.4 Å². The Labute approximate surface area is 203 Å². The molecule has 1 aromatic carbocycles. The van der Waals surface area contributed by atoms with Crippen LogP contribution >= 0.6 is 11.3 Å². The molecule has 0 atom stereocenters. The molecule has 1 aromatic heterocycles. The van der Waals surface area contributed by atoms with Crippen LogP contribution in [0.4, 0.5) is 5.69 Å². The molecule has 3 rings (SSSR count). The van der Waals surface area contributed by atoms with Gasteiger partial charge in [0.05, 0.1) is 7.11 Å². The third-order valence-electron chi connectivity index (χ3n) is 5.92. The first-order chi connectivity index (χ1) is 16.4. The first-order valence-electron chi connectivity index (χ1n) is 11.5. The number of likely N-dealkylation sites (tertiary alicyclic amines) is 1. The van der Waals surface area contributed by atoms with Gasteiger partial charge in [0.15, 0.2) is 0 Å². The Kier molecular flexibility index (Phi) is 9.34. The lowest BCUT2D eigenvalue weighted by Gasteiger charge is -2.30. The number of rotatable bonds is 10. The molecule has 1 aliphatic rings. The zero-order chi connectivity index (χ0) is 24.5. The summed E-state index contributed by atoms with van der Waals surface area (Å²) >= 11 is 0.961. The number of nitrogens with zero attached hydrogens (tertiary/aromatic N) is 4. The fourth-order valence-electron chi connectivity index (χ4n) is 3.76. The largest absolute Gasteiger partial charge is 0.497 e. The standard InChI is InChI=1S/C23H32N6O4S/c1-4-28(5-2)15-12-24-19(30)16-10-13-29(14-11-16)23(32)22-27-26-21(34-22)20(31)25-17-6-8-18(33-3)9-7-17/h6-9,16H,4-5,10-15H2,1-3H3,(H,24,30)(H,25,31). The molecule has 2 N–H and O–H groups in total. The first kappa shape index (κ1) is 25.6. The van der Waals surface area contributed by atoms with Crippen LogP contribution in [-0.4, -0.2) is 84.1 Å². The van der Waals surface area contributed by atoms with Gasteiger partial charge >= 0.3 is 0 Å². The van der Waals surface area contributed by atoms with Crippen molar-refractivity contribution in [3.05, 3.63) is 34.3 Å². The van der Waals surface area contributed by atoms with Gasteiger partial charge in [-0.2, -0.15) is 0 Å². The van der Waals surface area contributed by atoms with E-state index in [9.17, 15) is 14.4 Å². The van der Waals surface area contributed by atoms with Gasteiger partial charge in [-0.1, -0.05) is 25.2 Å². The second-order valence-corrected chi connectivity index (χ2v) is 8.96. The van der Waals surface area contributed by atoms with E-state index in [2.05, 4.69) is 39.6 Å². The SMILES string of the molecule is CCN(CC)CCNC(=O)C1CCN(C(=O)c2nnc(C(=O)Nc3ccc(OC)cc3)s2)CC1. The number of amides is 3. The van der Waals surface area contributed by atoms with Crippen molar-refractivity contribution >= 4 is 34.7 Å². The predicted molar refractivity (Wildman–Crippen MR) is 130 cm³/mol. The number of piperidine rings is 1. The summed E-state index contributed by atoms with van der Waals surface area (Å²) in [5.41, 5.74) is 0.589. The lowest BCUT2D eigenvalue weighted by atomic mass is 9.96. The van der Waals surface area contributed by atoms with Gasteiger partial charge in [0.1, 0.15) is 5.75 Å². The molecule has 0 aliphatic carbocycles. The number of hydrogen-bond donors (Lipinski definition) is 2. The highest BCUT2D eigenvalue weighted by atomic mass is 32.1. The Balaban J connectivity index is 1.47. The number of aromatic nitrogens is 2. The fraction of sp³-hybridized carbons (Fsp3) is 0.522. The van der Waals surface area contributed by atoms with Crippen LogP contribution in [0.25, 0.3) is 0 Å². The molecule has 11 heteroatoms. The molecule has 0 unspecified atom stereocenters. The monoisotopic (exact) mass is 488 g/mol. The average Bonchev–Trinajstić information content (AvgIpc) is 3.37. The highest BCUT2D eigenvalue weighted by molar-refractivity contribution is 7.15. The number of hydrogen-bond acceptors (Lipinski definition) is 8. The second-order valence-electron chi connectivity index (χ2n) is 7.98. The van der Waals surface area contributed by atoms with E-state index in [1.165, 1.54) is 0 Å². The van der Waals surface area contributed by atoms with Gasteiger partial charge in [-0.15, -0.1) is 10.2 Å². The topological polar surface area (TPSA) is 117 Å². The van der Waals surface area contributed by atoms with Crippen LogP contribution in [-0.2, 0) is 4.79 Å². The lowest BCUT2D eigenvalue weighted by Crippen LogP contribution is -2.44. The molecule has 0 radical (unpaired) electrons. The van der Waals surface area contributed by atoms with E-state index >= 15 is 0 Å². The first-order valence-corrected chi connectivity index (χ1v) is 12.3. The van der Waals surface area contributed by atoms with E-state index < -0.39 is 5.91 Å². The Morgan fingerprint density at radius 3 is 2.35 bits per heavy atom. The summed E-state index contributed by atoms with van der Waals surface area (Å²) in [7, 11) is 1.57. The van der Waals surface area contributed by atoms with Crippen molar-refractivity contribution in [3.63, 3.8) is 0 Å². The maximum Gasteiger partial charge on any atom is 0.286 e. The van der Waals surface area contributed by atoms with Gasteiger partial charge in [0.25, 0.3) is 11.8 Å². The maximum absolute atomic E-state index is 12.8. The highest BCUT2D eigenvalue weighted by Gasteiger charge is 2.29. The van der Waals surface area contributed by atoms with Gasteiger partial charge in [0, 0.05) is 37.8 Å². The summed E-state index contributed by atoms with van der Waals surface area (Å²) in [6.07, 6.45) is 1.21. The van der Waals surface area contributed by atoms with Crippen molar-refractivity contribution < 1.29 is 19.1 Å². The minimum atomic E-state index is -0.429. The summed E-state index contributed by atoms with van der Waals surface area (Å²) in [6, 6.07) is 6.90. The van der Waals surface area contributed by atoms with Crippen LogP contribution in [0.3, 0.4) is 0 Å². The van der Waals surface area contributed by atoms with E-state index in [1.54, 1.807) is 36.3 Å². The van der Waals surface area contributed by atoms with E-state index in [0.29, 0.717) is 43.9 Å². The van der Waals surface area contributed by atoms with Crippen molar-refractivity contribution in [2.24, 2.45) is 5.92 Å². The normalized spacial score (nSPS) is 14.2. The minimum absolute atomic E-state index is 0.0488. The summed E-state index contributed by atoms with van der Waals surface area (Å²) < 4.78 is 5.10. The van der Waals surface area contributed by atoms with Crippen molar-refractivity contribution in [2.75, 3.05) is 51.7 Å². The lowest BCUT2D eigenvalue weighted by molar-refractivity contribution is -0.126. The summed E-state index contributed by atoms with van der Waals surface area (Å²) in [6.45, 7) is 8.54. The smallest absolute Gasteiger partial charge is 0.286 e. The van der Waals surface area contributed by atoms with Crippen LogP contribution in [0.5, 0.6) is 5.75 Å². The summed E-state index contributed by atoms with van der Waals surface area (Å²) in [5, 5.41) is 13.8. The number of methoxy groups -OCH3 is 1. The zero-order valence-corrected chi connectivity index (χ0v) is 20.7. The number of carbonyl (C=O) groups excluding carboxylic acids is 3. The van der Waals surface area contributed by atoms with Gasteiger partial charge < -0.3 is 25.2 Å². The van der Waals surface area contributed by atoms with Gasteiger partial charge in [0.2, 0.25) is 15.9 Å². The minimum Gasteiger partial charge on any atom is -0.497 e. The summed E-state index contributed by atoms with van der Waals surface area (Å²) in [4.78, 5) is 41.7. The molecular formula is C23H32N6O4S. The number of carbonyl (C=O) groups is 3. The van der Waals surface area contributed by atoms with Crippen molar-refractivity contribution in [3.8, 4) is 5.75 Å². The molecule has 10 nitrogen and oxygen atoms in total. The number of benzene rings is 1. The van der Waals surface area contributed by atoms with Crippen LogP contribution in [0.2, 0.25) is 0 Å². The van der Waals surface area contributed by atoms with Gasteiger partial charge in [-0.3, -0.25) is 14.4 Å². The third kappa shape index (κ3) is 6.73. The van der Waals surface area contributed by atoms with E-state index in [0.717, 1.165) is 31.0 Å². The zero-order valence-electron chi connectivity index (χ0n) is 19.9. The maximum atomic E-state index is 12.8. The molecule has 184 valence electrons. The van der Waals surface area contributed by atoms with Crippen molar-refractivity contribution in [1.82, 2.24) is 25.3 Å². The highest BCUT2D eigenvalue weighted by Crippen LogP contribution is 2.21. The van der Waals surface area contributed by atoms with Gasteiger partial charge in [-0.05, 0) is 50.2 Å². The molecule has 0 saturated carbocycles. The summed E-state index contributed by atoms with van der Waals surface area (Å²) in [5.74, 6) is -0.0560. The number of anilines is 1. The van der Waals surface area contributed by atoms with E-state index in [4.69, 9.17) is 4.74 Å². The Morgan fingerprint density at radius 1 is 1.09 bits per heavy atom. The number of nitrogens with one attached hydrogen (secondary N) is 2. The number of likely N-dealkylation sites (N-methyl/N-ethyl adjacent to an activating group) is 1. The van der Waals surface area contributed by atoms with Crippen molar-refractivity contribution in [1.29, 1.82) is 0 Å². The molecule has 0 bridgehead atoms. The van der Waals surface area contributed by atoms with Crippen molar-refractivity contribution in [2.45, 2.75) is 26.7 Å². The molecule has 0 spiro atoms. The van der Waals surface area contributed by atoms with E-state index in [1.807, 2.05) is 0 Å². The quantitative estimate of drug-likeness (QED) is 0.526. The molecule has 34 heavy (non-hydrogen) atoms. The van der Waals surface area contributed by atoms with E-state index in [-0.39, 0.29) is 27.7 Å². The molecule has 3 amide bonds. The Morgan fingerprint density at radius 2 is 1.74 bits per heavy atom. The number of ether oxygens (including phenoxy) is 1. The Bertz CT molecular complexity index is 968. The molecular weight excluding hydrogens is 456 g/mol.